The summed E-state index contributed by atoms with van der Waals surface area (Å²) in [4.78, 5) is 33.8. The van der Waals surface area contributed by atoms with Crippen molar-refractivity contribution in [2.24, 2.45) is 0 Å². The van der Waals surface area contributed by atoms with Crippen molar-refractivity contribution >= 4 is 27.7 Å². The Hall–Kier alpha value is -4.24. The number of carboxylic acid groups (broad SMARTS) is 1. The number of alkyl halides is 3. The molecule has 42 heavy (non-hydrogen) atoms. The Balaban J connectivity index is 1.58. The van der Waals surface area contributed by atoms with E-state index in [0.717, 1.165) is 45.9 Å². The normalized spacial score (nSPS) is 16.3. The third-order valence-corrected chi connectivity index (χ3v) is 8.51. The summed E-state index contributed by atoms with van der Waals surface area (Å²) in [6.07, 6.45) is -2.67. The maximum Gasteiger partial charge on any atom is 0.573 e. The molecule has 11 nitrogen and oxygen atoms in total. The zero-order valence-electron chi connectivity index (χ0n) is 22.6. The van der Waals surface area contributed by atoms with Crippen LogP contribution < -0.4 is 15.0 Å². The average molecular weight is 608 g/mol. The number of halogens is 3. The fourth-order valence-electron chi connectivity index (χ4n) is 4.35. The van der Waals surface area contributed by atoms with Crippen molar-refractivity contribution in [3.05, 3.63) is 77.7 Å². The van der Waals surface area contributed by atoms with Crippen LogP contribution in [0.2, 0.25) is 0 Å². The van der Waals surface area contributed by atoms with Crippen LogP contribution in [-0.4, -0.2) is 71.7 Å². The largest absolute Gasteiger partial charge is 0.573 e. The number of carboxylic acids is 1. The number of carbonyl (C=O) groups is 2. The number of benzene rings is 2. The van der Waals surface area contributed by atoms with Gasteiger partial charge in [0.25, 0.3) is 0 Å². The first-order chi connectivity index (χ1) is 19.7. The molecule has 2 aromatic carbocycles. The van der Waals surface area contributed by atoms with Crippen LogP contribution >= 0.6 is 0 Å². The number of piperazine rings is 1. The molecule has 1 aromatic heterocycles. The number of hydrogen-bond donors (Lipinski definition) is 2. The molecule has 224 valence electrons. The minimum absolute atomic E-state index is 0.0794. The molecule has 0 radical (unpaired) electrons. The second-order valence-corrected chi connectivity index (χ2v) is 11.7. The molecule has 1 atom stereocenters. The van der Waals surface area contributed by atoms with E-state index in [0.29, 0.717) is 5.92 Å². The topological polar surface area (TPSA) is 142 Å². The third-order valence-electron chi connectivity index (χ3n) is 6.59. The molecule has 0 spiro atoms. The summed E-state index contributed by atoms with van der Waals surface area (Å²) in [5.41, 5.74) is 1.63. The number of anilines is 1. The lowest BCUT2D eigenvalue weighted by atomic mass is 10.0. The van der Waals surface area contributed by atoms with E-state index < -0.39 is 40.1 Å². The van der Waals surface area contributed by atoms with Crippen LogP contribution in [0.3, 0.4) is 0 Å². The lowest BCUT2D eigenvalue weighted by Crippen LogP contribution is -2.60. The van der Waals surface area contributed by atoms with Crippen molar-refractivity contribution < 1.29 is 41.0 Å². The highest BCUT2D eigenvalue weighted by atomic mass is 32.2. The number of ether oxygens (including phenoxy) is 1. The summed E-state index contributed by atoms with van der Waals surface area (Å²) in [6.45, 7) is 3.99. The second-order valence-electron chi connectivity index (χ2n) is 9.78. The van der Waals surface area contributed by atoms with Gasteiger partial charge in [-0.1, -0.05) is 38.1 Å². The maximum atomic E-state index is 13.6. The number of rotatable bonds is 9. The Bertz CT molecular complexity index is 1520. The van der Waals surface area contributed by atoms with Gasteiger partial charge >= 0.3 is 12.3 Å². The van der Waals surface area contributed by atoms with Crippen molar-refractivity contribution in [2.45, 2.75) is 43.6 Å². The first kappa shape index (κ1) is 30.7. The summed E-state index contributed by atoms with van der Waals surface area (Å²) in [5, 5.41) is 11.9. The number of carbonyl (C=O) groups excluding carboxylic acids is 1. The molecule has 0 bridgehead atoms. The van der Waals surface area contributed by atoms with E-state index in [2.05, 4.69) is 33.9 Å². The van der Waals surface area contributed by atoms with Gasteiger partial charge in [0.05, 0.1) is 17.3 Å². The standard InChI is InChI=1S/C27H28F3N5O6S/c1-17(2)19-5-3-18(4-6-19)13-33-25(36)23-16-34(24-15-31-22(14-32-24)26(37)38)11-12-35(23)42(39,40)21-9-7-20(8-10-21)41-27(28,29)30/h3-10,14-15,17,23H,11-13,16H2,1-2H3,(H,33,36)(H,37,38)/t23-/m1/s1. The highest BCUT2D eigenvalue weighted by Crippen LogP contribution is 2.28. The van der Waals surface area contributed by atoms with Gasteiger partial charge in [-0.25, -0.2) is 23.2 Å². The monoisotopic (exact) mass is 607 g/mol. The maximum absolute atomic E-state index is 13.6. The van der Waals surface area contributed by atoms with Crippen LogP contribution in [0.15, 0.2) is 65.8 Å². The van der Waals surface area contributed by atoms with E-state index in [1.165, 1.54) is 6.20 Å². The second kappa shape index (κ2) is 12.3. The van der Waals surface area contributed by atoms with Gasteiger partial charge in [-0.2, -0.15) is 4.31 Å². The molecule has 1 fully saturated rings. The molecule has 1 aliphatic heterocycles. The number of sulfonamides is 1. The molecule has 1 saturated heterocycles. The van der Waals surface area contributed by atoms with E-state index in [1.807, 2.05) is 24.3 Å². The van der Waals surface area contributed by atoms with E-state index in [1.54, 1.807) is 4.90 Å². The average Bonchev–Trinajstić information content (AvgIpc) is 2.95. The first-order valence-electron chi connectivity index (χ1n) is 12.8. The predicted octanol–water partition coefficient (Wildman–Crippen LogP) is 3.39. The number of aromatic carboxylic acids is 1. The molecule has 15 heteroatoms. The number of nitrogens with zero attached hydrogens (tertiary/aromatic N) is 4. The zero-order valence-corrected chi connectivity index (χ0v) is 23.4. The van der Waals surface area contributed by atoms with Gasteiger partial charge in [-0.3, -0.25) is 4.79 Å². The molecule has 1 amide bonds. The number of hydrogen-bond acceptors (Lipinski definition) is 8. The van der Waals surface area contributed by atoms with Gasteiger partial charge in [0, 0.05) is 26.2 Å². The summed E-state index contributed by atoms with van der Waals surface area (Å²) < 4.78 is 69.7. The van der Waals surface area contributed by atoms with Gasteiger partial charge in [-0.05, 0) is 41.3 Å². The SMILES string of the molecule is CC(C)c1ccc(CNC(=O)[C@H]2CN(c3cnc(C(=O)O)cn3)CCN2S(=O)(=O)c2ccc(OC(F)(F)F)cc2)cc1. The van der Waals surface area contributed by atoms with Crippen LogP contribution in [0.4, 0.5) is 19.0 Å². The minimum Gasteiger partial charge on any atom is -0.476 e. The summed E-state index contributed by atoms with van der Waals surface area (Å²) in [6, 6.07) is 10.1. The lowest BCUT2D eigenvalue weighted by Gasteiger charge is -2.40. The molecular weight excluding hydrogens is 579 g/mol. The van der Waals surface area contributed by atoms with E-state index in [4.69, 9.17) is 5.11 Å². The molecule has 3 aromatic rings. The molecule has 0 saturated carbocycles. The predicted molar refractivity (Wildman–Crippen MR) is 144 cm³/mol. The van der Waals surface area contributed by atoms with Crippen LogP contribution in [0.5, 0.6) is 5.75 Å². The quantitative estimate of drug-likeness (QED) is 0.374. The molecule has 2 N–H and O–H groups in total. The number of aromatic nitrogens is 2. The molecule has 1 aliphatic rings. The van der Waals surface area contributed by atoms with Gasteiger partial charge in [0.1, 0.15) is 17.6 Å². The van der Waals surface area contributed by atoms with E-state index in [9.17, 15) is 31.2 Å². The zero-order chi connectivity index (χ0) is 30.7. The van der Waals surface area contributed by atoms with Crippen molar-refractivity contribution in [2.75, 3.05) is 24.5 Å². The number of amides is 1. The highest BCUT2D eigenvalue weighted by Gasteiger charge is 2.41. The number of nitrogens with one attached hydrogen (secondary N) is 1. The van der Waals surface area contributed by atoms with E-state index in [-0.39, 0.29) is 42.6 Å². The third kappa shape index (κ3) is 7.33. The molecule has 0 aliphatic carbocycles. The molecule has 4 rings (SSSR count). The van der Waals surface area contributed by atoms with Gasteiger partial charge in [-0.15, -0.1) is 13.2 Å². The minimum atomic E-state index is -4.94. The summed E-state index contributed by atoms with van der Waals surface area (Å²) >= 11 is 0. The Morgan fingerprint density at radius 2 is 1.71 bits per heavy atom. The fraction of sp³-hybridized carbons (Fsp3) is 0.333. The van der Waals surface area contributed by atoms with Crippen molar-refractivity contribution in [1.29, 1.82) is 0 Å². The van der Waals surface area contributed by atoms with Crippen molar-refractivity contribution in [3.8, 4) is 5.75 Å². The van der Waals surface area contributed by atoms with Gasteiger partial charge < -0.3 is 20.1 Å². The fourth-order valence-corrected chi connectivity index (χ4v) is 5.92. The molecular formula is C27H28F3N5O6S. The Morgan fingerprint density at radius 3 is 2.26 bits per heavy atom. The Kier molecular flexibility index (Phi) is 9.01. The lowest BCUT2D eigenvalue weighted by molar-refractivity contribution is -0.274. The van der Waals surface area contributed by atoms with Crippen molar-refractivity contribution in [3.63, 3.8) is 0 Å². The van der Waals surface area contributed by atoms with Crippen molar-refractivity contribution in [1.82, 2.24) is 19.6 Å². The van der Waals surface area contributed by atoms with Crippen LogP contribution in [-0.2, 0) is 21.4 Å². The molecule has 0 unspecified atom stereocenters. The first-order valence-corrected chi connectivity index (χ1v) is 14.2. The summed E-state index contributed by atoms with van der Waals surface area (Å²) in [7, 11) is -4.34. The summed E-state index contributed by atoms with van der Waals surface area (Å²) in [5.74, 6) is -1.90. The van der Waals surface area contributed by atoms with Crippen LogP contribution in [0, 0.1) is 0 Å². The van der Waals surface area contributed by atoms with E-state index >= 15 is 0 Å². The highest BCUT2D eigenvalue weighted by molar-refractivity contribution is 7.89. The van der Waals surface area contributed by atoms with Crippen LogP contribution in [0.25, 0.3) is 0 Å². The smallest absolute Gasteiger partial charge is 0.476 e. The Morgan fingerprint density at radius 1 is 1.05 bits per heavy atom. The Labute approximate surface area is 240 Å². The van der Waals surface area contributed by atoms with Crippen LogP contribution in [0.1, 0.15) is 41.4 Å². The molecule has 2 heterocycles. The van der Waals surface area contributed by atoms with Gasteiger partial charge in [0.15, 0.2) is 5.69 Å². The van der Waals surface area contributed by atoms with Gasteiger partial charge in [0.2, 0.25) is 15.9 Å².